The molecule has 1 heterocycles. The summed E-state index contributed by atoms with van der Waals surface area (Å²) in [5.41, 5.74) is -0.279. The van der Waals surface area contributed by atoms with Gasteiger partial charge in [-0.2, -0.15) is 0 Å². The van der Waals surface area contributed by atoms with Gasteiger partial charge in [-0.1, -0.05) is 15.9 Å². The van der Waals surface area contributed by atoms with E-state index in [0.29, 0.717) is 30.4 Å². The van der Waals surface area contributed by atoms with Crippen molar-refractivity contribution in [3.05, 3.63) is 33.8 Å². The number of aliphatic hydroxyl groups excluding tert-OH is 1. The van der Waals surface area contributed by atoms with Gasteiger partial charge in [-0.15, -0.1) is 0 Å². The SMILES string of the molecule is O=C(c1cc(Br)cc(F)c1F)N1CCC(O)CC1. The predicted molar refractivity (Wildman–Crippen MR) is 65.2 cm³/mol. The van der Waals surface area contributed by atoms with Crippen molar-refractivity contribution in [2.45, 2.75) is 18.9 Å². The van der Waals surface area contributed by atoms with Gasteiger partial charge in [0, 0.05) is 17.6 Å². The second-order valence-electron chi connectivity index (χ2n) is 4.27. The molecule has 2 rings (SSSR count). The van der Waals surface area contributed by atoms with Crippen LogP contribution in [0.4, 0.5) is 8.78 Å². The highest BCUT2D eigenvalue weighted by molar-refractivity contribution is 9.10. The Hall–Kier alpha value is -1.01. The highest BCUT2D eigenvalue weighted by Crippen LogP contribution is 2.22. The van der Waals surface area contributed by atoms with Crippen LogP contribution >= 0.6 is 15.9 Å². The third-order valence-electron chi connectivity index (χ3n) is 2.98. The number of carbonyl (C=O) groups is 1. The van der Waals surface area contributed by atoms with Gasteiger partial charge in [-0.05, 0) is 25.0 Å². The first-order chi connectivity index (χ1) is 8.49. The van der Waals surface area contributed by atoms with Crippen LogP contribution in [0.5, 0.6) is 0 Å². The summed E-state index contributed by atoms with van der Waals surface area (Å²) in [6, 6.07) is 2.25. The predicted octanol–water partition coefficient (Wildman–Crippen LogP) is 2.32. The van der Waals surface area contributed by atoms with Crippen molar-refractivity contribution in [1.29, 1.82) is 0 Å². The lowest BCUT2D eigenvalue weighted by atomic mass is 10.1. The van der Waals surface area contributed by atoms with Crippen molar-refractivity contribution in [2.75, 3.05) is 13.1 Å². The molecule has 3 nitrogen and oxygen atoms in total. The molecule has 0 radical (unpaired) electrons. The van der Waals surface area contributed by atoms with E-state index in [1.165, 1.54) is 11.0 Å². The summed E-state index contributed by atoms with van der Waals surface area (Å²) >= 11 is 3.03. The number of likely N-dealkylation sites (tertiary alicyclic amines) is 1. The molecule has 0 aliphatic carbocycles. The van der Waals surface area contributed by atoms with E-state index < -0.39 is 23.6 Å². The van der Waals surface area contributed by atoms with E-state index in [0.717, 1.165) is 6.07 Å². The van der Waals surface area contributed by atoms with Gasteiger partial charge in [-0.3, -0.25) is 4.79 Å². The molecule has 1 amide bonds. The number of nitrogens with zero attached hydrogens (tertiary/aromatic N) is 1. The number of benzene rings is 1. The van der Waals surface area contributed by atoms with Gasteiger partial charge in [0.15, 0.2) is 11.6 Å². The van der Waals surface area contributed by atoms with Gasteiger partial charge in [0.1, 0.15) is 0 Å². The lowest BCUT2D eigenvalue weighted by molar-refractivity contribution is 0.0541. The van der Waals surface area contributed by atoms with Crippen LogP contribution in [0.1, 0.15) is 23.2 Å². The van der Waals surface area contributed by atoms with Gasteiger partial charge >= 0.3 is 0 Å². The third kappa shape index (κ3) is 2.70. The Morgan fingerprint density at radius 2 is 1.94 bits per heavy atom. The first-order valence-corrected chi connectivity index (χ1v) is 6.40. The molecule has 1 aliphatic heterocycles. The molecule has 0 saturated carbocycles. The summed E-state index contributed by atoms with van der Waals surface area (Å²) in [5.74, 6) is -2.72. The van der Waals surface area contributed by atoms with E-state index in [1.54, 1.807) is 0 Å². The minimum absolute atomic E-state index is 0.279. The fourth-order valence-corrected chi connectivity index (χ4v) is 2.38. The van der Waals surface area contributed by atoms with Gasteiger partial charge in [0.25, 0.3) is 5.91 Å². The van der Waals surface area contributed by atoms with Crippen LogP contribution < -0.4 is 0 Å². The zero-order valence-corrected chi connectivity index (χ0v) is 11.1. The number of amides is 1. The smallest absolute Gasteiger partial charge is 0.256 e. The average molecular weight is 320 g/mol. The molecule has 6 heteroatoms. The van der Waals surface area contributed by atoms with Crippen LogP contribution in [0.15, 0.2) is 16.6 Å². The molecule has 0 unspecified atom stereocenters. The molecule has 18 heavy (non-hydrogen) atoms. The second-order valence-corrected chi connectivity index (χ2v) is 5.19. The summed E-state index contributed by atoms with van der Waals surface area (Å²) in [6.07, 6.45) is 0.506. The molecule has 1 saturated heterocycles. The molecule has 1 aromatic carbocycles. The van der Waals surface area contributed by atoms with Crippen LogP contribution in [-0.4, -0.2) is 35.1 Å². The molecule has 1 N–H and O–H groups in total. The summed E-state index contributed by atoms with van der Waals surface area (Å²) in [5, 5.41) is 9.34. The highest BCUT2D eigenvalue weighted by atomic mass is 79.9. The van der Waals surface area contributed by atoms with Crippen molar-refractivity contribution in [2.24, 2.45) is 0 Å². The number of hydrogen-bond acceptors (Lipinski definition) is 2. The molecule has 0 aromatic heterocycles. The topological polar surface area (TPSA) is 40.5 Å². The highest BCUT2D eigenvalue weighted by Gasteiger charge is 2.25. The maximum absolute atomic E-state index is 13.6. The van der Waals surface area contributed by atoms with Crippen LogP contribution in [0.2, 0.25) is 0 Å². The quantitative estimate of drug-likeness (QED) is 0.807. The van der Waals surface area contributed by atoms with Crippen molar-refractivity contribution in [1.82, 2.24) is 4.90 Å². The molecule has 1 aliphatic rings. The normalized spacial score (nSPS) is 17.0. The third-order valence-corrected chi connectivity index (χ3v) is 3.43. The standard InChI is InChI=1S/C12H12BrF2NO2/c13-7-5-9(11(15)10(14)6-7)12(18)16-3-1-8(17)2-4-16/h5-6,8,17H,1-4H2. The second kappa shape index (κ2) is 5.32. The number of halogens is 3. The molecule has 1 aromatic rings. The summed E-state index contributed by atoms with van der Waals surface area (Å²) < 4.78 is 27.1. The van der Waals surface area contributed by atoms with Crippen molar-refractivity contribution in [3.63, 3.8) is 0 Å². The average Bonchev–Trinajstić information content (AvgIpc) is 2.34. The maximum atomic E-state index is 13.6. The fourth-order valence-electron chi connectivity index (χ4n) is 1.95. The van der Waals surface area contributed by atoms with E-state index in [1.807, 2.05) is 0 Å². The maximum Gasteiger partial charge on any atom is 0.256 e. The Bertz CT molecular complexity index is 473. The lowest BCUT2D eigenvalue weighted by Gasteiger charge is -2.29. The molecule has 98 valence electrons. The van der Waals surface area contributed by atoms with Gasteiger partial charge < -0.3 is 10.0 Å². The van der Waals surface area contributed by atoms with Crippen LogP contribution in [0, 0.1) is 11.6 Å². The van der Waals surface area contributed by atoms with E-state index in [9.17, 15) is 18.7 Å². The molecular formula is C12H12BrF2NO2. The van der Waals surface area contributed by atoms with E-state index >= 15 is 0 Å². The van der Waals surface area contributed by atoms with Crippen LogP contribution in [0.3, 0.4) is 0 Å². The number of rotatable bonds is 1. The largest absolute Gasteiger partial charge is 0.393 e. The Labute approximate surface area is 112 Å². The first-order valence-electron chi connectivity index (χ1n) is 5.61. The van der Waals surface area contributed by atoms with Gasteiger partial charge in [0.2, 0.25) is 0 Å². The molecule has 0 bridgehead atoms. The van der Waals surface area contributed by atoms with Gasteiger partial charge in [-0.25, -0.2) is 8.78 Å². The van der Waals surface area contributed by atoms with E-state index in [4.69, 9.17) is 0 Å². The van der Waals surface area contributed by atoms with Crippen molar-refractivity contribution >= 4 is 21.8 Å². The number of aliphatic hydroxyl groups is 1. The molecule has 1 fully saturated rings. The fraction of sp³-hybridized carbons (Fsp3) is 0.417. The first kappa shape index (κ1) is 13.4. The van der Waals surface area contributed by atoms with E-state index in [-0.39, 0.29) is 5.56 Å². The Morgan fingerprint density at radius 1 is 1.33 bits per heavy atom. The Morgan fingerprint density at radius 3 is 2.56 bits per heavy atom. The zero-order chi connectivity index (χ0) is 13.3. The summed E-state index contributed by atoms with van der Waals surface area (Å²) in [6.45, 7) is 0.709. The molecule has 0 atom stereocenters. The summed E-state index contributed by atoms with van der Waals surface area (Å²) in [4.78, 5) is 13.5. The van der Waals surface area contributed by atoms with Crippen LogP contribution in [-0.2, 0) is 0 Å². The molecule has 0 spiro atoms. The monoisotopic (exact) mass is 319 g/mol. The summed E-state index contributed by atoms with van der Waals surface area (Å²) in [7, 11) is 0. The zero-order valence-electron chi connectivity index (χ0n) is 9.50. The van der Waals surface area contributed by atoms with Crippen molar-refractivity contribution in [3.8, 4) is 0 Å². The minimum atomic E-state index is -1.13. The Balaban J connectivity index is 2.23. The minimum Gasteiger partial charge on any atom is -0.393 e. The lowest BCUT2D eigenvalue weighted by Crippen LogP contribution is -2.40. The van der Waals surface area contributed by atoms with Crippen LogP contribution in [0.25, 0.3) is 0 Å². The van der Waals surface area contributed by atoms with E-state index in [2.05, 4.69) is 15.9 Å². The number of carbonyl (C=O) groups excluding carboxylic acids is 1. The number of hydrogen-bond donors (Lipinski definition) is 1. The molecular weight excluding hydrogens is 308 g/mol. The Kier molecular flexibility index (Phi) is 3.97. The number of piperidine rings is 1. The van der Waals surface area contributed by atoms with Gasteiger partial charge in [0.05, 0.1) is 11.7 Å². The van der Waals surface area contributed by atoms with Crippen molar-refractivity contribution < 1.29 is 18.7 Å².